The van der Waals surface area contributed by atoms with Gasteiger partial charge in [0.2, 0.25) is 5.91 Å². The lowest BCUT2D eigenvalue weighted by Crippen LogP contribution is -2.51. The lowest BCUT2D eigenvalue weighted by Gasteiger charge is -2.37. The van der Waals surface area contributed by atoms with Crippen molar-refractivity contribution in [3.8, 4) is 0 Å². The summed E-state index contributed by atoms with van der Waals surface area (Å²) in [5.74, 6) is 0.543. The smallest absolute Gasteiger partial charge is 0.235 e. The van der Waals surface area contributed by atoms with Crippen molar-refractivity contribution in [2.24, 2.45) is 11.7 Å². The zero-order valence-corrected chi connectivity index (χ0v) is 9.99. The number of amides is 1. The third kappa shape index (κ3) is 3.47. The summed E-state index contributed by atoms with van der Waals surface area (Å²) in [5, 5.41) is 2.96. The number of likely N-dealkylation sites (N-methyl/N-ethyl adjacent to an activating group) is 1. The fourth-order valence-corrected chi connectivity index (χ4v) is 2.29. The molecule has 0 aromatic rings. The van der Waals surface area contributed by atoms with Crippen LogP contribution in [-0.2, 0) is 4.79 Å². The highest BCUT2D eigenvalue weighted by Gasteiger charge is 2.26. The van der Waals surface area contributed by atoms with Crippen LogP contribution in [0.15, 0.2) is 0 Å². The molecule has 1 aliphatic rings. The first-order valence-corrected chi connectivity index (χ1v) is 5.75. The molecular weight excluding hydrogens is 190 g/mol. The molecule has 0 radical (unpaired) electrons. The van der Waals surface area contributed by atoms with Gasteiger partial charge in [0.05, 0.1) is 6.04 Å². The van der Waals surface area contributed by atoms with Gasteiger partial charge >= 0.3 is 0 Å². The van der Waals surface area contributed by atoms with Gasteiger partial charge in [0.25, 0.3) is 0 Å². The minimum Gasteiger partial charge on any atom is -0.368 e. The van der Waals surface area contributed by atoms with Crippen molar-refractivity contribution in [3.05, 3.63) is 0 Å². The molecule has 88 valence electrons. The normalized spacial score (nSPS) is 30.1. The first-order valence-electron chi connectivity index (χ1n) is 5.75. The van der Waals surface area contributed by atoms with Crippen LogP contribution >= 0.6 is 0 Å². The average molecular weight is 213 g/mol. The molecule has 3 atom stereocenters. The fraction of sp³-hybridized carbons (Fsp3) is 0.909. The first kappa shape index (κ1) is 12.5. The van der Waals surface area contributed by atoms with Crippen LogP contribution in [0.3, 0.4) is 0 Å². The number of primary amides is 1. The molecule has 4 heteroatoms. The molecule has 1 amide bonds. The molecule has 3 N–H and O–H groups in total. The second kappa shape index (κ2) is 5.47. The van der Waals surface area contributed by atoms with Crippen LogP contribution < -0.4 is 11.1 Å². The first-order chi connectivity index (χ1) is 7.04. The molecule has 4 nitrogen and oxygen atoms in total. The molecule has 1 fully saturated rings. The number of nitrogens with two attached hydrogens (primary N) is 1. The van der Waals surface area contributed by atoms with E-state index in [1.807, 2.05) is 0 Å². The monoisotopic (exact) mass is 213 g/mol. The molecule has 0 aliphatic carbocycles. The minimum atomic E-state index is -0.261. The van der Waals surface area contributed by atoms with Gasteiger partial charge in [-0.25, -0.2) is 0 Å². The lowest BCUT2D eigenvalue weighted by molar-refractivity contribution is -0.120. The maximum absolute atomic E-state index is 11.1. The topological polar surface area (TPSA) is 58.4 Å². The molecule has 1 aliphatic heterocycles. The Hall–Kier alpha value is -0.610. The van der Waals surface area contributed by atoms with Gasteiger partial charge in [-0.3, -0.25) is 9.69 Å². The van der Waals surface area contributed by atoms with Crippen molar-refractivity contribution in [2.45, 2.75) is 38.8 Å². The zero-order valence-electron chi connectivity index (χ0n) is 9.99. The van der Waals surface area contributed by atoms with Crippen molar-refractivity contribution in [2.75, 3.05) is 20.1 Å². The predicted molar refractivity (Wildman–Crippen MR) is 61.5 cm³/mol. The summed E-state index contributed by atoms with van der Waals surface area (Å²) in [6, 6.07) is 0.338. The molecule has 0 aromatic carbocycles. The molecule has 1 rings (SSSR count). The summed E-state index contributed by atoms with van der Waals surface area (Å²) in [7, 11) is 1.78. The number of rotatable bonds is 4. The number of carbonyl (C=O) groups excluding carboxylic acids is 1. The van der Waals surface area contributed by atoms with Gasteiger partial charge < -0.3 is 11.1 Å². The van der Waals surface area contributed by atoms with E-state index in [1.165, 1.54) is 12.8 Å². The Morgan fingerprint density at radius 2 is 2.27 bits per heavy atom. The molecular formula is C11H23N3O. The second-order valence-electron chi connectivity index (χ2n) is 4.72. The van der Waals surface area contributed by atoms with Crippen molar-refractivity contribution in [1.82, 2.24) is 10.2 Å². The molecule has 0 spiro atoms. The van der Waals surface area contributed by atoms with Crippen molar-refractivity contribution >= 4 is 5.91 Å². The van der Waals surface area contributed by atoms with E-state index < -0.39 is 0 Å². The highest BCUT2D eigenvalue weighted by atomic mass is 16.1. The van der Waals surface area contributed by atoms with Gasteiger partial charge in [-0.2, -0.15) is 0 Å². The maximum atomic E-state index is 11.1. The van der Waals surface area contributed by atoms with E-state index in [-0.39, 0.29) is 11.9 Å². The minimum absolute atomic E-state index is 0.221. The van der Waals surface area contributed by atoms with Crippen molar-refractivity contribution < 1.29 is 4.79 Å². The highest BCUT2D eigenvalue weighted by Crippen LogP contribution is 2.21. The van der Waals surface area contributed by atoms with Crippen molar-refractivity contribution in [3.63, 3.8) is 0 Å². The molecule has 0 bridgehead atoms. The van der Waals surface area contributed by atoms with Crippen LogP contribution in [0.4, 0.5) is 0 Å². The van der Waals surface area contributed by atoms with E-state index >= 15 is 0 Å². The van der Waals surface area contributed by atoms with E-state index in [4.69, 9.17) is 5.73 Å². The van der Waals surface area contributed by atoms with Gasteiger partial charge in [-0.05, 0) is 39.3 Å². The lowest BCUT2D eigenvalue weighted by atomic mass is 9.93. The van der Waals surface area contributed by atoms with Crippen LogP contribution in [0.1, 0.15) is 26.7 Å². The second-order valence-corrected chi connectivity index (χ2v) is 4.72. The van der Waals surface area contributed by atoms with E-state index in [0.717, 1.165) is 19.0 Å². The van der Waals surface area contributed by atoms with Crippen molar-refractivity contribution in [1.29, 1.82) is 0 Å². The van der Waals surface area contributed by atoms with Crippen LogP contribution in [0, 0.1) is 5.92 Å². The third-order valence-corrected chi connectivity index (χ3v) is 3.38. The van der Waals surface area contributed by atoms with Crippen LogP contribution in [0.5, 0.6) is 0 Å². The van der Waals surface area contributed by atoms with E-state index in [9.17, 15) is 4.79 Å². The number of piperidine rings is 1. The number of nitrogens with one attached hydrogen (secondary N) is 1. The van der Waals surface area contributed by atoms with Gasteiger partial charge in [0.1, 0.15) is 0 Å². The molecule has 1 saturated heterocycles. The van der Waals surface area contributed by atoms with Gasteiger partial charge in [0, 0.05) is 12.6 Å². The summed E-state index contributed by atoms with van der Waals surface area (Å²) in [6.07, 6.45) is 2.44. The Kier molecular flexibility index (Phi) is 4.54. The van der Waals surface area contributed by atoms with Crippen LogP contribution in [0.25, 0.3) is 0 Å². The SMILES string of the molecule is CNC(CN1CCC(C)CC1C)C(N)=O. The number of hydrogen-bond donors (Lipinski definition) is 2. The Morgan fingerprint density at radius 1 is 1.60 bits per heavy atom. The quantitative estimate of drug-likeness (QED) is 0.700. The number of nitrogens with zero attached hydrogens (tertiary/aromatic N) is 1. The molecule has 3 unspecified atom stereocenters. The Bertz CT molecular complexity index is 220. The summed E-state index contributed by atoms with van der Waals surface area (Å²) < 4.78 is 0. The molecule has 0 saturated carbocycles. The Balaban J connectivity index is 2.46. The summed E-state index contributed by atoms with van der Waals surface area (Å²) in [4.78, 5) is 13.5. The zero-order chi connectivity index (χ0) is 11.4. The summed E-state index contributed by atoms with van der Waals surface area (Å²) in [6.45, 7) is 6.33. The molecule has 0 aromatic heterocycles. The van der Waals surface area contributed by atoms with Crippen LogP contribution in [-0.4, -0.2) is 43.0 Å². The highest BCUT2D eigenvalue weighted by molar-refractivity contribution is 5.80. The average Bonchev–Trinajstić information content (AvgIpc) is 2.16. The van der Waals surface area contributed by atoms with E-state index in [0.29, 0.717) is 6.04 Å². The van der Waals surface area contributed by atoms with E-state index in [2.05, 4.69) is 24.1 Å². The summed E-state index contributed by atoms with van der Waals surface area (Å²) >= 11 is 0. The van der Waals surface area contributed by atoms with E-state index in [1.54, 1.807) is 7.05 Å². The standard InChI is InChI=1S/C11H23N3O/c1-8-4-5-14(9(2)6-8)7-10(13-3)11(12)15/h8-10,13H,4-7H2,1-3H3,(H2,12,15). The number of likely N-dealkylation sites (tertiary alicyclic amines) is 1. The van der Waals surface area contributed by atoms with Gasteiger partial charge in [0.15, 0.2) is 0 Å². The maximum Gasteiger partial charge on any atom is 0.235 e. The predicted octanol–water partition coefficient (Wildman–Crippen LogP) is 0.180. The molecule has 15 heavy (non-hydrogen) atoms. The fourth-order valence-electron chi connectivity index (χ4n) is 2.29. The number of carbonyl (C=O) groups is 1. The van der Waals surface area contributed by atoms with Gasteiger partial charge in [-0.1, -0.05) is 6.92 Å². The van der Waals surface area contributed by atoms with Crippen LogP contribution in [0.2, 0.25) is 0 Å². The largest absolute Gasteiger partial charge is 0.368 e. The number of hydrogen-bond acceptors (Lipinski definition) is 3. The third-order valence-electron chi connectivity index (χ3n) is 3.38. The Morgan fingerprint density at radius 3 is 2.73 bits per heavy atom. The summed E-state index contributed by atoms with van der Waals surface area (Å²) in [5.41, 5.74) is 5.31. The Labute approximate surface area is 92.2 Å². The van der Waals surface area contributed by atoms with Gasteiger partial charge in [-0.15, -0.1) is 0 Å². The molecule has 1 heterocycles.